The molecule has 1 aromatic rings. The lowest BCUT2D eigenvalue weighted by Crippen LogP contribution is -2.21. The number of nitro benzene ring substituents is 1. The summed E-state index contributed by atoms with van der Waals surface area (Å²) in [5.41, 5.74) is 0.209. The van der Waals surface area contributed by atoms with E-state index in [2.05, 4.69) is 0 Å². The van der Waals surface area contributed by atoms with Crippen LogP contribution in [0.2, 0.25) is 5.02 Å². The second-order valence-electron chi connectivity index (χ2n) is 4.17. The number of carbonyl (C=O) groups is 1. The molecule has 0 aromatic heterocycles. The minimum absolute atomic E-state index is 0.0506. The Morgan fingerprint density at radius 2 is 2.17 bits per heavy atom. The second kappa shape index (κ2) is 5.71. The Morgan fingerprint density at radius 3 is 2.78 bits per heavy atom. The van der Waals surface area contributed by atoms with Crippen molar-refractivity contribution in [3.8, 4) is 0 Å². The summed E-state index contributed by atoms with van der Waals surface area (Å²) < 4.78 is 0. The average Bonchev–Trinajstić information content (AvgIpc) is 2.38. The summed E-state index contributed by atoms with van der Waals surface area (Å²) in [5, 5.41) is 10.9. The van der Waals surface area contributed by atoms with Gasteiger partial charge in [-0.1, -0.05) is 18.0 Å². The number of benzene rings is 1. The number of Topliss-reactive ketones (excluding diaryl/α,β-unsaturated/α-hetero) is 1. The quantitative estimate of drug-likeness (QED) is 0.482. The first-order chi connectivity index (χ1) is 8.58. The van der Waals surface area contributed by atoms with Crippen LogP contribution in [0.3, 0.4) is 0 Å². The van der Waals surface area contributed by atoms with E-state index in [0.717, 1.165) is 25.0 Å². The minimum Gasteiger partial charge on any atom is -0.293 e. The first-order valence-corrected chi connectivity index (χ1v) is 7.11. The van der Waals surface area contributed by atoms with Crippen LogP contribution in [-0.4, -0.2) is 21.7 Å². The summed E-state index contributed by atoms with van der Waals surface area (Å²) >= 11 is 7.44. The van der Waals surface area contributed by atoms with Gasteiger partial charge in [0.15, 0.2) is 5.78 Å². The number of halogens is 1. The van der Waals surface area contributed by atoms with Gasteiger partial charge in [0.1, 0.15) is 0 Å². The number of hydrogen-bond donors (Lipinski definition) is 0. The van der Waals surface area contributed by atoms with Gasteiger partial charge in [0.25, 0.3) is 5.69 Å². The highest BCUT2D eigenvalue weighted by atomic mass is 35.5. The van der Waals surface area contributed by atoms with Crippen molar-refractivity contribution in [1.29, 1.82) is 0 Å². The Balaban J connectivity index is 2.26. The van der Waals surface area contributed by atoms with E-state index in [1.807, 2.05) is 0 Å². The lowest BCUT2D eigenvalue weighted by molar-refractivity contribution is -0.384. The maximum Gasteiger partial charge on any atom is 0.271 e. The molecule has 1 atom stereocenters. The molecular weight excluding hydrogens is 274 g/mol. The van der Waals surface area contributed by atoms with Gasteiger partial charge in [-0.05, 0) is 24.7 Å². The molecule has 6 heteroatoms. The van der Waals surface area contributed by atoms with Crippen molar-refractivity contribution >= 4 is 34.8 Å². The highest BCUT2D eigenvalue weighted by Gasteiger charge is 2.24. The molecule has 0 N–H and O–H groups in total. The van der Waals surface area contributed by atoms with E-state index in [1.165, 1.54) is 18.2 Å². The molecule has 0 spiro atoms. The molecule has 1 saturated heterocycles. The monoisotopic (exact) mass is 285 g/mol. The van der Waals surface area contributed by atoms with Crippen LogP contribution < -0.4 is 0 Å². The van der Waals surface area contributed by atoms with Crippen molar-refractivity contribution in [3.05, 3.63) is 38.9 Å². The molecule has 0 amide bonds. The normalized spacial score (nSPS) is 19.5. The van der Waals surface area contributed by atoms with E-state index in [1.54, 1.807) is 11.8 Å². The number of carbonyl (C=O) groups excluding carboxylic acids is 1. The summed E-state index contributed by atoms with van der Waals surface area (Å²) in [4.78, 5) is 22.4. The zero-order valence-electron chi connectivity index (χ0n) is 9.60. The third kappa shape index (κ3) is 3.03. The lowest BCUT2D eigenvalue weighted by Gasteiger charge is -2.19. The molecular formula is C12H12ClNO3S. The molecule has 1 aliphatic rings. The number of rotatable bonds is 3. The molecule has 1 aromatic carbocycles. The fourth-order valence-electron chi connectivity index (χ4n) is 1.96. The first-order valence-electron chi connectivity index (χ1n) is 5.69. The molecule has 0 aliphatic carbocycles. The van der Waals surface area contributed by atoms with Crippen molar-refractivity contribution in [2.75, 3.05) is 5.75 Å². The lowest BCUT2D eigenvalue weighted by atomic mass is 10.0. The van der Waals surface area contributed by atoms with Gasteiger partial charge < -0.3 is 0 Å². The Morgan fingerprint density at radius 1 is 1.39 bits per heavy atom. The molecule has 18 heavy (non-hydrogen) atoms. The number of non-ortho nitro benzene ring substituents is 1. The molecule has 1 unspecified atom stereocenters. The highest BCUT2D eigenvalue weighted by Crippen LogP contribution is 2.30. The molecule has 4 nitrogen and oxygen atoms in total. The Bertz CT molecular complexity index is 486. The summed E-state index contributed by atoms with van der Waals surface area (Å²) in [7, 11) is 0. The smallest absolute Gasteiger partial charge is 0.271 e. The van der Waals surface area contributed by atoms with Gasteiger partial charge in [0.2, 0.25) is 0 Å². The molecule has 0 radical (unpaired) electrons. The molecule has 0 bridgehead atoms. The molecule has 1 heterocycles. The van der Waals surface area contributed by atoms with E-state index in [-0.39, 0.29) is 21.7 Å². The van der Waals surface area contributed by atoms with E-state index in [9.17, 15) is 14.9 Å². The number of nitrogens with zero attached hydrogens (tertiary/aromatic N) is 1. The predicted molar refractivity (Wildman–Crippen MR) is 72.5 cm³/mol. The van der Waals surface area contributed by atoms with Gasteiger partial charge in [-0.2, -0.15) is 11.8 Å². The molecule has 2 rings (SSSR count). The zero-order valence-corrected chi connectivity index (χ0v) is 11.2. The van der Waals surface area contributed by atoms with Crippen LogP contribution in [-0.2, 0) is 0 Å². The van der Waals surface area contributed by atoms with Crippen molar-refractivity contribution in [3.63, 3.8) is 0 Å². The Labute approximate surface area is 114 Å². The van der Waals surface area contributed by atoms with Crippen LogP contribution in [0.15, 0.2) is 18.2 Å². The summed E-state index contributed by atoms with van der Waals surface area (Å²) in [6, 6.07) is 4.07. The van der Waals surface area contributed by atoms with Crippen LogP contribution in [0.25, 0.3) is 0 Å². The number of thioether (sulfide) groups is 1. The van der Waals surface area contributed by atoms with Gasteiger partial charge in [-0.3, -0.25) is 14.9 Å². The maximum atomic E-state index is 12.2. The third-order valence-electron chi connectivity index (χ3n) is 2.85. The Hall–Kier alpha value is -1.07. The van der Waals surface area contributed by atoms with E-state index in [4.69, 9.17) is 11.6 Å². The van der Waals surface area contributed by atoms with Gasteiger partial charge in [-0.25, -0.2) is 0 Å². The van der Waals surface area contributed by atoms with Gasteiger partial charge in [0.05, 0.1) is 10.2 Å². The van der Waals surface area contributed by atoms with E-state index < -0.39 is 4.92 Å². The molecule has 0 saturated carbocycles. The summed E-state index contributed by atoms with van der Waals surface area (Å²) in [6.45, 7) is 0. The topological polar surface area (TPSA) is 60.2 Å². The van der Waals surface area contributed by atoms with Crippen LogP contribution in [0, 0.1) is 10.1 Å². The van der Waals surface area contributed by atoms with Crippen LogP contribution in [0.4, 0.5) is 5.69 Å². The van der Waals surface area contributed by atoms with Gasteiger partial charge in [-0.15, -0.1) is 0 Å². The number of hydrogen-bond acceptors (Lipinski definition) is 4. The van der Waals surface area contributed by atoms with Crippen LogP contribution >= 0.6 is 23.4 Å². The van der Waals surface area contributed by atoms with Crippen molar-refractivity contribution in [1.82, 2.24) is 0 Å². The van der Waals surface area contributed by atoms with E-state index >= 15 is 0 Å². The SMILES string of the molecule is O=C(c1cc(Cl)cc([N+](=O)[O-])c1)C1CCCCS1. The number of nitro groups is 1. The standard InChI is InChI=1S/C12H12ClNO3S/c13-9-5-8(6-10(7-9)14(16)17)12(15)11-3-1-2-4-18-11/h5-7,11H,1-4H2. The summed E-state index contributed by atoms with van der Waals surface area (Å²) in [5.74, 6) is 0.921. The maximum absolute atomic E-state index is 12.2. The predicted octanol–water partition coefficient (Wildman–Crippen LogP) is 3.72. The van der Waals surface area contributed by atoms with Crippen LogP contribution in [0.5, 0.6) is 0 Å². The highest BCUT2D eigenvalue weighted by molar-refractivity contribution is 8.00. The summed E-state index contributed by atoms with van der Waals surface area (Å²) in [6.07, 6.45) is 3.00. The number of ketones is 1. The molecule has 1 aliphatic heterocycles. The first kappa shape index (κ1) is 13.4. The van der Waals surface area contributed by atoms with Crippen molar-refractivity contribution < 1.29 is 9.72 Å². The second-order valence-corrected chi connectivity index (χ2v) is 5.92. The minimum atomic E-state index is -0.531. The van der Waals surface area contributed by atoms with E-state index in [0.29, 0.717) is 5.56 Å². The van der Waals surface area contributed by atoms with Gasteiger partial charge in [0, 0.05) is 22.7 Å². The largest absolute Gasteiger partial charge is 0.293 e. The fraction of sp³-hybridized carbons (Fsp3) is 0.417. The van der Waals surface area contributed by atoms with Crippen molar-refractivity contribution in [2.24, 2.45) is 0 Å². The van der Waals surface area contributed by atoms with Crippen LogP contribution in [0.1, 0.15) is 29.6 Å². The Kier molecular flexibility index (Phi) is 4.24. The molecule has 96 valence electrons. The zero-order chi connectivity index (χ0) is 13.1. The fourth-order valence-corrected chi connectivity index (χ4v) is 3.46. The van der Waals surface area contributed by atoms with Crippen molar-refractivity contribution in [2.45, 2.75) is 24.5 Å². The third-order valence-corrected chi connectivity index (χ3v) is 4.44. The molecule has 1 fully saturated rings. The van der Waals surface area contributed by atoms with Gasteiger partial charge >= 0.3 is 0 Å². The average molecular weight is 286 g/mol.